The van der Waals surface area contributed by atoms with E-state index in [0.717, 1.165) is 12.1 Å². The van der Waals surface area contributed by atoms with E-state index in [2.05, 4.69) is 0 Å². The molecule has 0 saturated carbocycles. The fourth-order valence-electron chi connectivity index (χ4n) is 1.04. The van der Waals surface area contributed by atoms with Gasteiger partial charge in [0.2, 0.25) is 0 Å². The number of nitriles is 1. The van der Waals surface area contributed by atoms with Crippen LogP contribution in [0.3, 0.4) is 0 Å². The van der Waals surface area contributed by atoms with Crippen LogP contribution in [0.5, 0.6) is 0 Å². The quantitative estimate of drug-likeness (QED) is 0.651. The van der Waals surface area contributed by atoms with Crippen LogP contribution in [0, 0.1) is 11.3 Å². The minimum atomic E-state index is -4.61. The highest BCUT2D eigenvalue weighted by Gasteiger charge is 2.34. The molecule has 0 fully saturated rings. The second kappa shape index (κ2) is 3.50. The van der Waals surface area contributed by atoms with Gasteiger partial charge in [0.15, 0.2) is 6.29 Å². The largest absolute Gasteiger partial charge is 0.417 e. The summed E-state index contributed by atoms with van der Waals surface area (Å²) >= 11 is 0. The highest BCUT2D eigenvalue weighted by atomic mass is 19.4. The molecule has 14 heavy (non-hydrogen) atoms. The molecule has 0 saturated heterocycles. The lowest BCUT2D eigenvalue weighted by Gasteiger charge is -2.09. The van der Waals surface area contributed by atoms with Gasteiger partial charge in [0.1, 0.15) is 0 Å². The lowest BCUT2D eigenvalue weighted by atomic mass is 10.0. The molecular formula is C9H4F3NO. The van der Waals surface area contributed by atoms with Gasteiger partial charge in [-0.05, 0) is 12.1 Å². The van der Waals surface area contributed by atoms with Crippen molar-refractivity contribution in [3.8, 4) is 6.07 Å². The molecule has 1 aromatic carbocycles. The average Bonchev–Trinajstić information content (AvgIpc) is 2.15. The number of benzene rings is 1. The van der Waals surface area contributed by atoms with Gasteiger partial charge in [0.25, 0.3) is 0 Å². The number of hydrogen-bond donors (Lipinski definition) is 0. The van der Waals surface area contributed by atoms with Gasteiger partial charge in [0, 0.05) is 5.56 Å². The van der Waals surface area contributed by atoms with Crippen molar-refractivity contribution in [2.45, 2.75) is 6.18 Å². The summed E-state index contributed by atoms with van der Waals surface area (Å²) in [5.41, 5.74) is -1.95. The summed E-state index contributed by atoms with van der Waals surface area (Å²) in [6, 6.07) is 4.55. The maximum Gasteiger partial charge on any atom is 0.417 e. The molecule has 0 spiro atoms. The molecule has 1 rings (SSSR count). The molecule has 0 radical (unpaired) electrons. The highest BCUT2D eigenvalue weighted by molar-refractivity contribution is 5.81. The van der Waals surface area contributed by atoms with Crippen LogP contribution >= 0.6 is 0 Å². The van der Waals surface area contributed by atoms with Crippen molar-refractivity contribution >= 4 is 6.29 Å². The maximum absolute atomic E-state index is 12.3. The van der Waals surface area contributed by atoms with Crippen LogP contribution in [-0.2, 0) is 6.18 Å². The van der Waals surface area contributed by atoms with Gasteiger partial charge in [-0.25, -0.2) is 0 Å². The van der Waals surface area contributed by atoms with Crippen LogP contribution in [0.1, 0.15) is 21.5 Å². The Labute approximate surface area is 77.6 Å². The lowest BCUT2D eigenvalue weighted by Crippen LogP contribution is -2.09. The second-order valence-corrected chi connectivity index (χ2v) is 2.49. The highest BCUT2D eigenvalue weighted by Crippen LogP contribution is 2.32. The number of hydrogen-bond acceptors (Lipinski definition) is 2. The van der Waals surface area contributed by atoms with Crippen molar-refractivity contribution in [3.63, 3.8) is 0 Å². The van der Waals surface area contributed by atoms with Crippen molar-refractivity contribution in [3.05, 3.63) is 34.9 Å². The zero-order valence-corrected chi connectivity index (χ0v) is 6.80. The minimum Gasteiger partial charge on any atom is -0.298 e. The van der Waals surface area contributed by atoms with Crippen molar-refractivity contribution in [2.24, 2.45) is 0 Å². The molecule has 0 atom stereocenters. The fraction of sp³-hybridized carbons (Fsp3) is 0.111. The van der Waals surface area contributed by atoms with Crippen molar-refractivity contribution in [1.82, 2.24) is 0 Å². The van der Waals surface area contributed by atoms with Gasteiger partial charge in [-0.15, -0.1) is 0 Å². The fourth-order valence-corrected chi connectivity index (χ4v) is 1.04. The molecule has 0 aliphatic carbocycles. The van der Waals surface area contributed by atoms with Gasteiger partial charge in [0.05, 0.1) is 17.2 Å². The first-order valence-electron chi connectivity index (χ1n) is 3.56. The van der Waals surface area contributed by atoms with Gasteiger partial charge in [-0.2, -0.15) is 18.4 Å². The molecule has 0 amide bonds. The Balaban J connectivity index is 3.46. The van der Waals surface area contributed by atoms with Gasteiger partial charge >= 0.3 is 6.18 Å². The van der Waals surface area contributed by atoms with E-state index < -0.39 is 17.3 Å². The van der Waals surface area contributed by atoms with E-state index in [0.29, 0.717) is 0 Å². The maximum atomic E-state index is 12.3. The zero-order valence-electron chi connectivity index (χ0n) is 6.80. The third kappa shape index (κ3) is 1.74. The topological polar surface area (TPSA) is 40.9 Å². The minimum absolute atomic E-state index is 0.0430. The Morgan fingerprint density at radius 1 is 1.36 bits per heavy atom. The Kier molecular flexibility index (Phi) is 2.56. The molecule has 0 aliphatic heterocycles. The number of rotatable bonds is 1. The summed E-state index contributed by atoms with van der Waals surface area (Å²) in [5.74, 6) is 0. The molecule has 0 heterocycles. The second-order valence-electron chi connectivity index (χ2n) is 2.49. The van der Waals surface area contributed by atoms with Gasteiger partial charge in [-0.1, -0.05) is 6.07 Å². The van der Waals surface area contributed by atoms with E-state index in [-0.39, 0.29) is 11.8 Å². The summed E-state index contributed by atoms with van der Waals surface area (Å²) in [4.78, 5) is 10.4. The van der Waals surface area contributed by atoms with E-state index in [4.69, 9.17) is 5.26 Å². The predicted octanol–water partition coefficient (Wildman–Crippen LogP) is 2.39. The van der Waals surface area contributed by atoms with Crippen LogP contribution < -0.4 is 0 Å². The molecule has 72 valence electrons. The number of alkyl halides is 3. The standard InChI is InChI=1S/C9H4F3NO/c10-9(11,12)8-3-1-2-6(4-13)7(8)5-14/h1-3,5H. The van der Waals surface area contributed by atoms with Crippen LogP contribution in [0.4, 0.5) is 13.2 Å². The molecule has 0 N–H and O–H groups in total. The number of carbonyl (C=O) groups excluding carboxylic acids is 1. The van der Waals surface area contributed by atoms with Crippen molar-refractivity contribution < 1.29 is 18.0 Å². The zero-order chi connectivity index (χ0) is 10.8. The van der Waals surface area contributed by atoms with Crippen LogP contribution in [0.2, 0.25) is 0 Å². The van der Waals surface area contributed by atoms with E-state index in [1.54, 1.807) is 0 Å². The Morgan fingerprint density at radius 3 is 2.43 bits per heavy atom. The predicted molar refractivity (Wildman–Crippen MR) is 41.5 cm³/mol. The summed E-state index contributed by atoms with van der Waals surface area (Å²) in [6.07, 6.45) is -4.57. The molecule has 2 nitrogen and oxygen atoms in total. The molecular weight excluding hydrogens is 195 g/mol. The van der Waals surface area contributed by atoms with Crippen LogP contribution in [0.15, 0.2) is 18.2 Å². The van der Waals surface area contributed by atoms with Gasteiger partial charge < -0.3 is 0 Å². The summed E-state index contributed by atoms with van der Waals surface area (Å²) in [7, 11) is 0. The third-order valence-corrected chi connectivity index (χ3v) is 1.65. The van der Waals surface area contributed by atoms with Crippen molar-refractivity contribution in [2.75, 3.05) is 0 Å². The molecule has 0 unspecified atom stereocenters. The molecule has 1 aromatic rings. The number of halogens is 3. The molecule has 5 heteroatoms. The normalized spacial score (nSPS) is 10.7. The molecule has 0 bridgehead atoms. The smallest absolute Gasteiger partial charge is 0.298 e. The van der Waals surface area contributed by atoms with E-state index >= 15 is 0 Å². The monoisotopic (exact) mass is 199 g/mol. The Bertz CT molecular complexity index is 403. The van der Waals surface area contributed by atoms with Crippen LogP contribution in [0.25, 0.3) is 0 Å². The lowest BCUT2D eigenvalue weighted by molar-refractivity contribution is -0.137. The Hall–Kier alpha value is -1.83. The first-order chi connectivity index (χ1) is 6.50. The third-order valence-electron chi connectivity index (χ3n) is 1.65. The van der Waals surface area contributed by atoms with E-state index in [9.17, 15) is 18.0 Å². The SMILES string of the molecule is N#Cc1cccc(C(F)(F)F)c1C=O. The summed E-state index contributed by atoms with van der Waals surface area (Å²) in [5, 5.41) is 8.46. The van der Waals surface area contributed by atoms with Crippen molar-refractivity contribution in [1.29, 1.82) is 5.26 Å². The average molecular weight is 199 g/mol. The van der Waals surface area contributed by atoms with Crippen LogP contribution in [-0.4, -0.2) is 6.29 Å². The number of nitrogens with zero attached hydrogens (tertiary/aromatic N) is 1. The molecule has 0 aromatic heterocycles. The first-order valence-corrected chi connectivity index (χ1v) is 3.56. The van der Waals surface area contributed by atoms with Gasteiger partial charge in [-0.3, -0.25) is 4.79 Å². The van der Waals surface area contributed by atoms with E-state index in [1.165, 1.54) is 12.1 Å². The Morgan fingerprint density at radius 2 is 2.00 bits per heavy atom. The summed E-state index contributed by atoms with van der Waals surface area (Å²) < 4.78 is 36.9. The number of aldehydes is 1. The summed E-state index contributed by atoms with van der Waals surface area (Å²) in [6.45, 7) is 0. The van der Waals surface area contributed by atoms with E-state index in [1.807, 2.05) is 0 Å². The molecule has 0 aliphatic rings. The number of carbonyl (C=O) groups is 1. The first kappa shape index (κ1) is 10.3.